The van der Waals surface area contributed by atoms with Crippen molar-refractivity contribution in [1.29, 1.82) is 0 Å². The van der Waals surface area contributed by atoms with Crippen molar-refractivity contribution in [2.24, 2.45) is 0 Å². The molecule has 0 aliphatic carbocycles. The van der Waals surface area contributed by atoms with Crippen LogP contribution in [0, 0.1) is 6.92 Å². The molecular formula is C28H27ClN4O2. The van der Waals surface area contributed by atoms with E-state index in [1.165, 1.54) is 4.90 Å². The van der Waals surface area contributed by atoms with Crippen LogP contribution in [0.4, 0.5) is 5.95 Å². The Labute approximate surface area is 210 Å². The molecule has 2 amide bonds. The molecule has 0 bridgehead atoms. The van der Waals surface area contributed by atoms with Crippen LogP contribution in [0.5, 0.6) is 0 Å². The van der Waals surface area contributed by atoms with Crippen LogP contribution >= 0.6 is 11.6 Å². The van der Waals surface area contributed by atoms with Gasteiger partial charge in [0.1, 0.15) is 6.54 Å². The Hall–Kier alpha value is -3.90. The van der Waals surface area contributed by atoms with E-state index in [4.69, 9.17) is 16.6 Å². The van der Waals surface area contributed by atoms with Crippen molar-refractivity contribution in [3.63, 3.8) is 0 Å². The van der Waals surface area contributed by atoms with Crippen LogP contribution in [0.25, 0.3) is 16.9 Å². The van der Waals surface area contributed by atoms with Crippen LogP contribution in [-0.4, -0.2) is 38.9 Å². The van der Waals surface area contributed by atoms with E-state index in [2.05, 4.69) is 5.32 Å². The van der Waals surface area contributed by atoms with Crippen LogP contribution in [0.2, 0.25) is 5.02 Å². The van der Waals surface area contributed by atoms with E-state index < -0.39 is 0 Å². The molecule has 0 atom stereocenters. The number of rotatable bonds is 7. The minimum absolute atomic E-state index is 0.111. The number of halogens is 1. The lowest BCUT2D eigenvalue weighted by Gasteiger charge is -2.26. The summed E-state index contributed by atoms with van der Waals surface area (Å²) in [6.45, 7) is 5.66. The second-order valence-corrected chi connectivity index (χ2v) is 9.04. The molecule has 3 aromatic carbocycles. The first-order chi connectivity index (χ1) is 16.8. The van der Waals surface area contributed by atoms with E-state index in [0.717, 1.165) is 22.5 Å². The Bertz CT molecular complexity index is 1330. The van der Waals surface area contributed by atoms with E-state index in [0.29, 0.717) is 16.5 Å². The van der Waals surface area contributed by atoms with Gasteiger partial charge in [0, 0.05) is 34.1 Å². The fraction of sp³-hybridized carbons (Fsp3) is 0.179. The number of aryl methyl sites for hydroxylation is 1. The molecular weight excluding hydrogens is 460 g/mol. The number of amides is 2. The van der Waals surface area contributed by atoms with Crippen molar-refractivity contribution in [3.05, 3.63) is 101 Å². The van der Waals surface area contributed by atoms with Gasteiger partial charge in [0.25, 0.3) is 5.91 Å². The molecule has 1 N–H and O–H groups in total. The lowest BCUT2D eigenvalue weighted by molar-refractivity contribution is -0.117. The lowest BCUT2D eigenvalue weighted by Crippen LogP contribution is -2.42. The third kappa shape index (κ3) is 5.78. The monoisotopic (exact) mass is 486 g/mol. The maximum absolute atomic E-state index is 13.1. The fourth-order valence-corrected chi connectivity index (χ4v) is 3.88. The van der Waals surface area contributed by atoms with Gasteiger partial charge in [-0.2, -0.15) is 0 Å². The van der Waals surface area contributed by atoms with E-state index >= 15 is 0 Å². The normalized spacial score (nSPS) is 10.9. The van der Waals surface area contributed by atoms with Crippen molar-refractivity contribution in [1.82, 2.24) is 14.5 Å². The highest BCUT2D eigenvalue weighted by Crippen LogP contribution is 2.25. The Balaban J connectivity index is 1.61. The number of hydrogen-bond acceptors (Lipinski definition) is 3. The van der Waals surface area contributed by atoms with Crippen molar-refractivity contribution in [3.8, 4) is 16.9 Å². The Morgan fingerprint density at radius 1 is 1.00 bits per heavy atom. The highest BCUT2D eigenvalue weighted by Gasteiger charge is 2.23. The first kappa shape index (κ1) is 24.2. The van der Waals surface area contributed by atoms with E-state index in [1.54, 1.807) is 24.3 Å². The zero-order chi connectivity index (χ0) is 24.9. The quantitative estimate of drug-likeness (QED) is 0.349. The first-order valence-electron chi connectivity index (χ1n) is 11.4. The summed E-state index contributed by atoms with van der Waals surface area (Å²) >= 11 is 5.96. The first-order valence-corrected chi connectivity index (χ1v) is 11.8. The predicted octanol–water partition coefficient (Wildman–Crippen LogP) is 5.99. The van der Waals surface area contributed by atoms with Gasteiger partial charge in [-0.1, -0.05) is 54.1 Å². The molecule has 4 aromatic rings. The highest BCUT2D eigenvalue weighted by molar-refractivity contribution is 6.30. The molecule has 7 heteroatoms. The van der Waals surface area contributed by atoms with E-state index in [1.807, 2.05) is 86.1 Å². The summed E-state index contributed by atoms with van der Waals surface area (Å²) in [6, 6.07) is 24.2. The van der Waals surface area contributed by atoms with E-state index in [-0.39, 0.29) is 24.4 Å². The van der Waals surface area contributed by atoms with Gasteiger partial charge in [-0.05, 0) is 62.7 Å². The second-order valence-electron chi connectivity index (χ2n) is 8.61. The Kier molecular flexibility index (Phi) is 7.32. The molecule has 0 saturated carbocycles. The van der Waals surface area contributed by atoms with Gasteiger partial charge in [-0.25, -0.2) is 4.98 Å². The molecule has 0 saturated heterocycles. The number of imidazole rings is 1. The number of carbonyl (C=O) groups is 2. The molecule has 0 radical (unpaired) electrons. The molecule has 0 unspecified atom stereocenters. The zero-order valence-electron chi connectivity index (χ0n) is 19.9. The minimum atomic E-state index is -0.333. The van der Waals surface area contributed by atoms with Gasteiger partial charge in [0.05, 0.1) is 5.69 Å². The van der Waals surface area contributed by atoms with Crippen molar-refractivity contribution < 1.29 is 9.59 Å². The molecule has 178 valence electrons. The minimum Gasteiger partial charge on any atom is -0.327 e. The van der Waals surface area contributed by atoms with Crippen LogP contribution in [-0.2, 0) is 4.79 Å². The van der Waals surface area contributed by atoms with Crippen LogP contribution in [0.15, 0.2) is 85.1 Å². The molecule has 0 spiro atoms. The summed E-state index contributed by atoms with van der Waals surface area (Å²) in [5.41, 5.74) is 4.13. The maximum Gasteiger partial charge on any atom is 0.254 e. The summed E-state index contributed by atoms with van der Waals surface area (Å²) in [7, 11) is 0. The summed E-state index contributed by atoms with van der Waals surface area (Å²) in [4.78, 5) is 32.4. The van der Waals surface area contributed by atoms with Gasteiger partial charge in [-0.3, -0.25) is 19.5 Å². The van der Waals surface area contributed by atoms with Gasteiger partial charge >= 0.3 is 0 Å². The summed E-state index contributed by atoms with van der Waals surface area (Å²) in [5, 5.41) is 3.47. The van der Waals surface area contributed by atoms with Gasteiger partial charge in [0.15, 0.2) is 0 Å². The molecule has 1 aromatic heterocycles. The molecule has 6 nitrogen and oxygen atoms in total. The van der Waals surface area contributed by atoms with Gasteiger partial charge in [0.2, 0.25) is 11.9 Å². The number of nitrogens with one attached hydrogen (secondary N) is 1. The van der Waals surface area contributed by atoms with Crippen molar-refractivity contribution >= 4 is 29.4 Å². The molecule has 0 aliphatic rings. The van der Waals surface area contributed by atoms with Gasteiger partial charge < -0.3 is 4.90 Å². The molecule has 35 heavy (non-hydrogen) atoms. The second kappa shape index (κ2) is 10.6. The summed E-state index contributed by atoms with van der Waals surface area (Å²) < 4.78 is 1.86. The Morgan fingerprint density at radius 3 is 2.37 bits per heavy atom. The van der Waals surface area contributed by atoms with Crippen molar-refractivity contribution in [2.75, 3.05) is 11.9 Å². The number of carbonyl (C=O) groups excluding carboxylic acids is 2. The third-order valence-electron chi connectivity index (χ3n) is 5.60. The average Bonchev–Trinajstić information content (AvgIpc) is 3.26. The van der Waals surface area contributed by atoms with Crippen LogP contribution in [0.1, 0.15) is 29.8 Å². The maximum atomic E-state index is 13.1. The van der Waals surface area contributed by atoms with Crippen molar-refractivity contribution in [2.45, 2.75) is 26.8 Å². The third-order valence-corrected chi connectivity index (χ3v) is 5.85. The van der Waals surface area contributed by atoms with Gasteiger partial charge in [-0.15, -0.1) is 0 Å². The topological polar surface area (TPSA) is 67.2 Å². The molecule has 0 fully saturated rings. The highest BCUT2D eigenvalue weighted by atomic mass is 35.5. The molecule has 1 heterocycles. The number of benzene rings is 3. The van der Waals surface area contributed by atoms with Crippen LogP contribution in [0.3, 0.4) is 0 Å². The molecule has 4 rings (SSSR count). The summed E-state index contributed by atoms with van der Waals surface area (Å²) in [6.07, 6.45) is 1.90. The average molecular weight is 487 g/mol. The zero-order valence-corrected chi connectivity index (χ0v) is 20.7. The largest absolute Gasteiger partial charge is 0.327 e. The lowest BCUT2D eigenvalue weighted by atomic mass is 10.1. The standard InChI is InChI=1S/C28H27ClN4O2/c1-19(2)32(27(35)22-12-14-23(29)15-13-22)18-26(34)31-28-30-25(21-9-5-4-6-10-21)17-33(28)24-11-7-8-20(3)16-24/h4-17,19H,18H2,1-3H3,(H,30,31,34). The number of nitrogens with zero attached hydrogens (tertiary/aromatic N) is 3. The number of aromatic nitrogens is 2. The fourth-order valence-electron chi connectivity index (χ4n) is 3.76. The molecule has 0 aliphatic heterocycles. The predicted molar refractivity (Wildman–Crippen MR) is 140 cm³/mol. The Morgan fingerprint density at radius 2 is 1.71 bits per heavy atom. The number of anilines is 1. The summed E-state index contributed by atoms with van der Waals surface area (Å²) in [5.74, 6) is -0.180. The van der Waals surface area contributed by atoms with E-state index in [9.17, 15) is 9.59 Å². The smallest absolute Gasteiger partial charge is 0.254 e. The van der Waals surface area contributed by atoms with Crippen LogP contribution < -0.4 is 5.32 Å². The SMILES string of the molecule is Cc1cccc(-n2cc(-c3ccccc3)nc2NC(=O)CN(C(=O)c2ccc(Cl)cc2)C(C)C)c1. The number of hydrogen-bond donors (Lipinski definition) is 1.